The van der Waals surface area contributed by atoms with Crippen molar-refractivity contribution in [2.24, 2.45) is 21.5 Å². The van der Waals surface area contributed by atoms with Gasteiger partial charge in [0, 0.05) is 11.3 Å². The van der Waals surface area contributed by atoms with Crippen LogP contribution in [0.4, 0.5) is 5.69 Å². The summed E-state index contributed by atoms with van der Waals surface area (Å²) in [6.07, 6.45) is 6.96. The molecule has 1 fully saturated rings. The average Bonchev–Trinajstić information content (AvgIpc) is 3.09. The number of nitrogens with zero attached hydrogens (tertiary/aromatic N) is 3. The number of furan rings is 1. The van der Waals surface area contributed by atoms with Gasteiger partial charge in [0.1, 0.15) is 11.4 Å². The predicted molar refractivity (Wildman–Crippen MR) is 95.7 cm³/mol. The predicted octanol–water partition coefficient (Wildman–Crippen LogP) is 3.06. The second-order valence-corrected chi connectivity index (χ2v) is 6.35. The molecule has 0 radical (unpaired) electrons. The number of aliphatic imine (C=N–C) groups is 2. The first-order valence-corrected chi connectivity index (χ1v) is 8.32. The topological polar surface area (TPSA) is 93.1 Å². The molecule has 0 amide bonds. The van der Waals surface area contributed by atoms with Crippen molar-refractivity contribution in [2.75, 3.05) is 4.90 Å². The van der Waals surface area contributed by atoms with E-state index in [1.165, 1.54) is 6.42 Å². The van der Waals surface area contributed by atoms with E-state index in [1.54, 1.807) is 6.26 Å². The van der Waals surface area contributed by atoms with Crippen LogP contribution in [0.2, 0.25) is 0 Å². The third-order valence-electron chi connectivity index (χ3n) is 4.76. The molecule has 2 aliphatic rings. The van der Waals surface area contributed by atoms with Gasteiger partial charge in [-0.05, 0) is 49.9 Å². The fourth-order valence-corrected chi connectivity index (χ4v) is 3.74. The van der Waals surface area contributed by atoms with E-state index in [1.807, 2.05) is 35.2 Å². The first-order chi connectivity index (χ1) is 11.7. The van der Waals surface area contributed by atoms with Gasteiger partial charge in [-0.25, -0.2) is 4.99 Å². The second kappa shape index (κ2) is 5.70. The van der Waals surface area contributed by atoms with Crippen molar-refractivity contribution in [1.29, 1.82) is 0 Å². The van der Waals surface area contributed by atoms with Crippen LogP contribution >= 0.6 is 0 Å². The van der Waals surface area contributed by atoms with Gasteiger partial charge < -0.3 is 15.9 Å². The Morgan fingerprint density at radius 2 is 1.88 bits per heavy atom. The molecule has 2 heterocycles. The fraction of sp³-hybridized carbons (Fsp3) is 0.333. The normalized spacial score (nSPS) is 19.9. The van der Waals surface area contributed by atoms with E-state index < -0.39 is 5.66 Å². The Kier molecular flexibility index (Phi) is 3.52. The van der Waals surface area contributed by atoms with E-state index in [-0.39, 0.29) is 5.96 Å². The van der Waals surface area contributed by atoms with Crippen molar-refractivity contribution in [2.45, 2.75) is 37.8 Å². The third-order valence-corrected chi connectivity index (χ3v) is 4.76. The lowest BCUT2D eigenvalue weighted by Gasteiger charge is -2.45. The lowest BCUT2D eigenvalue weighted by Crippen LogP contribution is -2.58. The summed E-state index contributed by atoms with van der Waals surface area (Å²) in [5.74, 6) is 1.50. The maximum atomic E-state index is 6.27. The van der Waals surface area contributed by atoms with E-state index >= 15 is 0 Å². The van der Waals surface area contributed by atoms with Gasteiger partial charge in [-0.15, -0.1) is 0 Å². The summed E-state index contributed by atoms with van der Waals surface area (Å²) in [5.41, 5.74) is 13.7. The van der Waals surface area contributed by atoms with Crippen LogP contribution < -0.4 is 16.4 Å². The van der Waals surface area contributed by atoms with Crippen LogP contribution in [0, 0.1) is 0 Å². The first-order valence-electron chi connectivity index (χ1n) is 8.32. The molecule has 1 saturated carbocycles. The third kappa shape index (κ3) is 2.44. The summed E-state index contributed by atoms with van der Waals surface area (Å²) in [7, 11) is 0. The van der Waals surface area contributed by atoms with Crippen LogP contribution in [0.25, 0.3) is 11.3 Å². The van der Waals surface area contributed by atoms with E-state index in [2.05, 4.69) is 11.1 Å². The highest BCUT2D eigenvalue weighted by molar-refractivity contribution is 6.05. The molecule has 1 aliphatic heterocycles. The Morgan fingerprint density at radius 3 is 2.62 bits per heavy atom. The lowest BCUT2D eigenvalue weighted by molar-refractivity contribution is 0.305. The Morgan fingerprint density at radius 1 is 1.04 bits per heavy atom. The van der Waals surface area contributed by atoms with Gasteiger partial charge in [0.05, 0.1) is 6.26 Å². The maximum Gasteiger partial charge on any atom is 0.220 e. The van der Waals surface area contributed by atoms with Crippen molar-refractivity contribution < 1.29 is 4.42 Å². The highest BCUT2D eigenvalue weighted by Crippen LogP contribution is 2.40. The van der Waals surface area contributed by atoms with Crippen molar-refractivity contribution >= 4 is 17.6 Å². The molecule has 0 bridgehead atoms. The number of nitrogens with two attached hydrogens (primary N) is 2. The molecule has 4 rings (SSSR count). The molecular formula is C18H21N5O. The van der Waals surface area contributed by atoms with Crippen molar-refractivity contribution in [3.63, 3.8) is 0 Å². The zero-order valence-electron chi connectivity index (χ0n) is 13.5. The highest BCUT2D eigenvalue weighted by Gasteiger charge is 2.42. The van der Waals surface area contributed by atoms with Crippen LogP contribution in [0.3, 0.4) is 0 Å². The van der Waals surface area contributed by atoms with Crippen LogP contribution in [0.5, 0.6) is 0 Å². The molecule has 0 unspecified atom stereocenters. The average molecular weight is 323 g/mol. The quantitative estimate of drug-likeness (QED) is 0.888. The summed E-state index contributed by atoms with van der Waals surface area (Å²) >= 11 is 0. The number of guanidine groups is 2. The molecule has 4 N–H and O–H groups in total. The summed E-state index contributed by atoms with van der Waals surface area (Å²) < 4.78 is 5.52. The van der Waals surface area contributed by atoms with E-state index in [4.69, 9.17) is 20.9 Å². The van der Waals surface area contributed by atoms with Crippen LogP contribution in [0.1, 0.15) is 32.1 Å². The van der Waals surface area contributed by atoms with Crippen LogP contribution in [-0.4, -0.2) is 17.6 Å². The number of hydrogen-bond donors (Lipinski definition) is 2. The van der Waals surface area contributed by atoms with Gasteiger partial charge in [-0.3, -0.25) is 4.90 Å². The largest absolute Gasteiger partial charge is 0.464 e. The highest BCUT2D eigenvalue weighted by atomic mass is 16.3. The van der Waals surface area contributed by atoms with Crippen molar-refractivity contribution in [1.82, 2.24) is 0 Å². The summed E-state index contributed by atoms with van der Waals surface area (Å²) in [4.78, 5) is 10.9. The standard InChI is InChI=1S/C18H21N5O/c19-16-21-17(20)23(18(22-16)9-2-1-3-10-18)14-7-4-6-13(12-14)15-8-5-11-24-15/h4-8,11-12H,1-3,9-10H2,(H4,19,20,21,22). The van der Waals surface area contributed by atoms with Crippen molar-refractivity contribution in [3.8, 4) is 11.3 Å². The Labute approximate surface area is 140 Å². The molecule has 1 aromatic heterocycles. The zero-order valence-corrected chi connectivity index (χ0v) is 13.5. The Balaban J connectivity index is 1.79. The minimum Gasteiger partial charge on any atom is -0.464 e. The van der Waals surface area contributed by atoms with Gasteiger partial charge in [0.2, 0.25) is 11.9 Å². The fourth-order valence-electron chi connectivity index (χ4n) is 3.74. The summed E-state index contributed by atoms with van der Waals surface area (Å²) in [6, 6.07) is 11.9. The zero-order chi connectivity index (χ0) is 16.6. The SMILES string of the molecule is NC1=NC2(CCCCC2)N(c2cccc(-c3ccco3)c2)C(N)=N1. The smallest absolute Gasteiger partial charge is 0.220 e. The van der Waals surface area contributed by atoms with E-state index in [9.17, 15) is 0 Å². The molecule has 24 heavy (non-hydrogen) atoms. The number of hydrogen-bond acceptors (Lipinski definition) is 6. The Bertz CT molecular complexity index is 788. The molecule has 0 atom stereocenters. The maximum absolute atomic E-state index is 6.27. The second-order valence-electron chi connectivity index (χ2n) is 6.35. The molecule has 0 saturated heterocycles. The summed E-state index contributed by atoms with van der Waals surface area (Å²) in [5, 5.41) is 0. The minimum atomic E-state index is -0.421. The molecule has 6 heteroatoms. The van der Waals surface area contributed by atoms with Crippen molar-refractivity contribution in [3.05, 3.63) is 42.7 Å². The van der Waals surface area contributed by atoms with E-state index in [0.29, 0.717) is 5.96 Å². The lowest BCUT2D eigenvalue weighted by atomic mass is 9.87. The van der Waals surface area contributed by atoms with Crippen LogP contribution in [0.15, 0.2) is 57.1 Å². The Hall–Kier alpha value is -2.76. The number of anilines is 1. The van der Waals surface area contributed by atoms with Gasteiger partial charge in [0.15, 0.2) is 0 Å². The number of rotatable bonds is 2. The van der Waals surface area contributed by atoms with Gasteiger partial charge in [0.25, 0.3) is 0 Å². The van der Waals surface area contributed by atoms with Crippen LogP contribution in [-0.2, 0) is 0 Å². The van der Waals surface area contributed by atoms with Gasteiger partial charge in [-0.2, -0.15) is 4.99 Å². The number of benzene rings is 1. The molecule has 2 aromatic rings. The molecule has 6 nitrogen and oxygen atoms in total. The molecule has 1 spiro atoms. The van der Waals surface area contributed by atoms with Gasteiger partial charge in [-0.1, -0.05) is 18.6 Å². The molecule has 1 aliphatic carbocycles. The minimum absolute atomic E-state index is 0.271. The first kappa shape index (κ1) is 14.8. The monoisotopic (exact) mass is 323 g/mol. The van der Waals surface area contributed by atoms with E-state index in [0.717, 1.165) is 42.7 Å². The molecular weight excluding hydrogens is 302 g/mol. The van der Waals surface area contributed by atoms with Gasteiger partial charge >= 0.3 is 0 Å². The summed E-state index contributed by atoms with van der Waals surface area (Å²) in [6.45, 7) is 0. The molecule has 1 aromatic carbocycles. The molecule has 124 valence electrons.